The molecule has 0 aromatic heterocycles. The van der Waals surface area contributed by atoms with E-state index in [2.05, 4.69) is 0 Å². The van der Waals surface area contributed by atoms with Gasteiger partial charge in [0, 0.05) is 0 Å². The molecule has 15 heavy (non-hydrogen) atoms. The minimum Gasteiger partial charge on any atom is -0.228 e. The molecule has 0 aliphatic heterocycles. The zero-order chi connectivity index (χ0) is 11.5. The van der Waals surface area contributed by atoms with Crippen LogP contribution in [0.2, 0.25) is 0 Å². The van der Waals surface area contributed by atoms with Gasteiger partial charge in [0.15, 0.2) is 9.84 Å². The summed E-state index contributed by atoms with van der Waals surface area (Å²) in [6.07, 6.45) is 0. The fraction of sp³-hybridized carbons (Fsp3) is 0.500. The molecule has 0 saturated carbocycles. The topological polar surface area (TPSA) is 34.1 Å². The van der Waals surface area contributed by atoms with Crippen molar-refractivity contribution in [2.75, 3.05) is 0 Å². The van der Waals surface area contributed by atoms with Crippen LogP contribution in [-0.4, -0.2) is 13.7 Å². The summed E-state index contributed by atoms with van der Waals surface area (Å²) < 4.78 is 23.9. The molecule has 1 atom stereocenters. The first-order chi connectivity index (χ1) is 6.93. The van der Waals surface area contributed by atoms with Crippen molar-refractivity contribution in [3.05, 3.63) is 35.9 Å². The predicted molar refractivity (Wildman–Crippen MR) is 63.4 cm³/mol. The maximum atomic E-state index is 11.9. The molecular formula is C12H18O2S. The van der Waals surface area contributed by atoms with Gasteiger partial charge in [0.05, 0.1) is 11.0 Å². The van der Waals surface area contributed by atoms with Crippen LogP contribution in [0.3, 0.4) is 0 Å². The summed E-state index contributed by atoms with van der Waals surface area (Å²) in [7, 11) is -3.01. The summed E-state index contributed by atoms with van der Waals surface area (Å²) in [6, 6.07) is 9.33. The van der Waals surface area contributed by atoms with Crippen LogP contribution < -0.4 is 0 Å². The minimum atomic E-state index is -3.01. The molecule has 1 aromatic carbocycles. The van der Waals surface area contributed by atoms with Crippen molar-refractivity contribution in [2.45, 2.75) is 31.8 Å². The molecule has 3 heteroatoms. The summed E-state index contributed by atoms with van der Waals surface area (Å²) in [5.41, 5.74) is 0.866. The normalized spacial score (nSPS) is 14.1. The fourth-order valence-electron chi connectivity index (χ4n) is 1.35. The Morgan fingerprint density at radius 3 is 2.07 bits per heavy atom. The number of hydrogen-bond donors (Lipinski definition) is 0. The average molecular weight is 226 g/mol. The van der Waals surface area contributed by atoms with Crippen LogP contribution in [0.5, 0.6) is 0 Å². The van der Waals surface area contributed by atoms with E-state index in [1.165, 1.54) is 0 Å². The van der Waals surface area contributed by atoms with Gasteiger partial charge in [0.2, 0.25) is 0 Å². The van der Waals surface area contributed by atoms with E-state index in [0.717, 1.165) is 5.56 Å². The highest BCUT2D eigenvalue weighted by Gasteiger charge is 2.23. The van der Waals surface area contributed by atoms with E-state index in [9.17, 15) is 8.42 Å². The third-order valence-electron chi connectivity index (χ3n) is 2.72. The monoisotopic (exact) mass is 226 g/mol. The molecule has 1 rings (SSSR count). The predicted octanol–water partition coefficient (Wildman–Crippen LogP) is 2.65. The maximum absolute atomic E-state index is 11.9. The van der Waals surface area contributed by atoms with Gasteiger partial charge in [-0.25, -0.2) is 8.42 Å². The Morgan fingerprint density at radius 1 is 1.07 bits per heavy atom. The molecule has 0 spiro atoms. The van der Waals surface area contributed by atoms with Crippen LogP contribution >= 0.6 is 0 Å². The maximum Gasteiger partial charge on any atom is 0.157 e. The third-order valence-corrected chi connectivity index (χ3v) is 5.13. The van der Waals surface area contributed by atoms with Crippen molar-refractivity contribution in [3.8, 4) is 0 Å². The summed E-state index contributed by atoms with van der Waals surface area (Å²) in [5, 5.41) is -0.280. The van der Waals surface area contributed by atoms with Gasteiger partial charge in [0.25, 0.3) is 0 Å². The second-order valence-corrected chi connectivity index (χ2v) is 6.60. The molecule has 0 N–H and O–H groups in total. The SMILES string of the molecule is CC(C)C(C)S(=O)(=O)Cc1ccccc1. The van der Waals surface area contributed by atoms with Gasteiger partial charge in [-0.05, 0) is 18.4 Å². The quantitative estimate of drug-likeness (QED) is 0.791. The smallest absolute Gasteiger partial charge is 0.157 e. The van der Waals surface area contributed by atoms with Gasteiger partial charge < -0.3 is 0 Å². The van der Waals surface area contributed by atoms with Crippen LogP contribution in [0.15, 0.2) is 30.3 Å². The van der Waals surface area contributed by atoms with E-state index < -0.39 is 9.84 Å². The summed E-state index contributed by atoms with van der Waals surface area (Å²) in [6.45, 7) is 5.66. The number of hydrogen-bond acceptors (Lipinski definition) is 2. The van der Waals surface area contributed by atoms with Gasteiger partial charge in [-0.15, -0.1) is 0 Å². The van der Waals surface area contributed by atoms with Crippen molar-refractivity contribution in [3.63, 3.8) is 0 Å². The van der Waals surface area contributed by atoms with E-state index in [-0.39, 0.29) is 16.9 Å². The Balaban J connectivity index is 2.82. The summed E-state index contributed by atoms with van der Waals surface area (Å²) >= 11 is 0. The van der Waals surface area contributed by atoms with E-state index in [1.807, 2.05) is 44.2 Å². The Hall–Kier alpha value is -0.830. The Kier molecular flexibility index (Phi) is 3.91. The number of rotatable bonds is 4. The van der Waals surface area contributed by atoms with E-state index >= 15 is 0 Å². The van der Waals surface area contributed by atoms with Crippen LogP contribution in [0, 0.1) is 5.92 Å². The Morgan fingerprint density at radius 2 is 1.60 bits per heavy atom. The van der Waals surface area contributed by atoms with Crippen LogP contribution in [0.1, 0.15) is 26.3 Å². The molecule has 0 bridgehead atoms. The van der Waals surface area contributed by atoms with Crippen LogP contribution in [-0.2, 0) is 15.6 Å². The van der Waals surface area contributed by atoms with Gasteiger partial charge in [0.1, 0.15) is 0 Å². The van der Waals surface area contributed by atoms with Crippen molar-refractivity contribution in [2.24, 2.45) is 5.92 Å². The first-order valence-corrected chi connectivity index (χ1v) is 6.90. The molecule has 2 nitrogen and oxygen atoms in total. The molecule has 0 aliphatic rings. The largest absolute Gasteiger partial charge is 0.228 e. The summed E-state index contributed by atoms with van der Waals surface area (Å²) in [4.78, 5) is 0. The molecule has 0 aliphatic carbocycles. The molecule has 0 radical (unpaired) electrons. The molecule has 0 amide bonds. The summed E-state index contributed by atoms with van der Waals surface area (Å²) in [5.74, 6) is 0.311. The first kappa shape index (κ1) is 12.2. The lowest BCUT2D eigenvalue weighted by Gasteiger charge is -2.16. The highest BCUT2D eigenvalue weighted by atomic mass is 32.2. The lowest BCUT2D eigenvalue weighted by Crippen LogP contribution is -2.24. The van der Waals surface area contributed by atoms with Gasteiger partial charge in [-0.2, -0.15) is 0 Å². The fourth-order valence-corrected chi connectivity index (χ4v) is 3.10. The average Bonchev–Trinajstić information content (AvgIpc) is 2.17. The molecule has 84 valence electrons. The molecule has 0 heterocycles. The van der Waals surface area contributed by atoms with Crippen LogP contribution in [0.4, 0.5) is 0 Å². The molecule has 0 saturated heterocycles. The number of sulfone groups is 1. The molecular weight excluding hydrogens is 208 g/mol. The van der Waals surface area contributed by atoms with Crippen molar-refractivity contribution in [1.29, 1.82) is 0 Å². The minimum absolute atomic E-state index is 0.146. The zero-order valence-corrected chi connectivity index (χ0v) is 10.3. The molecule has 0 fully saturated rings. The van der Waals surface area contributed by atoms with E-state index in [1.54, 1.807) is 6.92 Å². The van der Waals surface area contributed by atoms with E-state index in [0.29, 0.717) is 0 Å². The second-order valence-electron chi connectivity index (χ2n) is 4.24. The van der Waals surface area contributed by atoms with Gasteiger partial charge in [-0.3, -0.25) is 0 Å². The lowest BCUT2D eigenvalue weighted by molar-refractivity contribution is 0.545. The van der Waals surface area contributed by atoms with Gasteiger partial charge >= 0.3 is 0 Å². The molecule has 1 aromatic rings. The Labute approximate surface area is 92.2 Å². The highest BCUT2D eigenvalue weighted by Crippen LogP contribution is 2.16. The van der Waals surface area contributed by atoms with Crippen molar-refractivity contribution in [1.82, 2.24) is 0 Å². The first-order valence-electron chi connectivity index (χ1n) is 5.19. The van der Waals surface area contributed by atoms with Crippen molar-refractivity contribution >= 4 is 9.84 Å². The number of benzene rings is 1. The lowest BCUT2D eigenvalue weighted by atomic mass is 10.2. The second kappa shape index (κ2) is 4.79. The van der Waals surface area contributed by atoms with E-state index in [4.69, 9.17) is 0 Å². The van der Waals surface area contributed by atoms with Gasteiger partial charge in [-0.1, -0.05) is 44.2 Å². The Bertz CT molecular complexity index is 393. The molecule has 1 unspecified atom stereocenters. The van der Waals surface area contributed by atoms with Crippen LogP contribution in [0.25, 0.3) is 0 Å². The standard InChI is InChI=1S/C12H18O2S/c1-10(2)11(3)15(13,14)9-12-7-5-4-6-8-12/h4-8,10-11H,9H2,1-3H3. The highest BCUT2D eigenvalue weighted by molar-refractivity contribution is 7.91. The third kappa shape index (κ3) is 3.34. The van der Waals surface area contributed by atoms with Crippen molar-refractivity contribution < 1.29 is 8.42 Å². The zero-order valence-electron chi connectivity index (χ0n) is 9.47.